The molecule has 2 aliphatic rings. The Morgan fingerprint density at radius 1 is 1.24 bits per heavy atom. The first kappa shape index (κ1) is 15.2. The molecular formula is C18H27ClN2. The lowest BCUT2D eigenvalue weighted by Gasteiger charge is -2.28. The molecule has 0 saturated heterocycles. The van der Waals surface area contributed by atoms with E-state index >= 15 is 0 Å². The maximum absolute atomic E-state index is 6.28. The average molecular weight is 307 g/mol. The van der Waals surface area contributed by atoms with Gasteiger partial charge < -0.3 is 10.2 Å². The van der Waals surface area contributed by atoms with Crippen LogP contribution in [0.25, 0.3) is 0 Å². The Kier molecular flexibility index (Phi) is 4.75. The van der Waals surface area contributed by atoms with Crippen molar-refractivity contribution >= 4 is 17.3 Å². The molecule has 2 nitrogen and oxygen atoms in total. The number of halogens is 1. The van der Waals surface area contributed by atoms with E-state index in [0.29, 0.717) is 5.92 Å². The lowest BCUT2D eigenvalue weighted by molar-refractivity contribution is 0.551. The minimum absolute atomic E-state index is 0.687. The first-order valence-corrected chi connectivity index (χ1v) is 8.77. The van der Waals surface area contributed by atoms with Crippen molar-refractivity contribution in [3.05, 3.63) is 28.8 Å². The van der Waals surface area contributed by atoms with Gasteiger partial charge in [0.25, 0.3) is 0 Å². The number of benzene rings is 1. The van der Waals surface area contributed by atoms with Gasteiger partial charge in [-0.05, 0) is 61.8 Å². The summed E-state index contributed by atoms with van der Waals surface area (Å²) >= 11 is 6.28. The molecule has 0 radical (unpaired) electrons. The van der Waals surface area contributed by atoms with Crippen molar-refractivity contribution in [3.8, 4) is 0 Å². The average Bonchev–Trinajstić information content (AvgIpc) is 3.31. The number of nitrogens with one attached hydrogen (secondary N) is 1. The molecule has 2 saturated carbocycles. The predicted molar refractivity (Wildman–Crippen MR) is 91.1 cm³/mol. The summed E-state index contributed by atoms with van der Waals surface area (Å²) in [5, 5.41) is 4.43. The second-order valence-electron chi connectivity index (χ2n) is 7.12. The van der Waals surface area contributed by atoms with Crippen molar-refractivity contribution in [2.75, 3.05) is 18.0 Å². The van der Waals surface area contributed by atoms with E-state index in [4.69, 9.17) is 11.6 Å². The molecule has 1 aromatic rings. The summed E-state index contributed by atoms with van der Waals surface area (Å²) in [7, 11) is 0. The highest BCUT2D eigenvalue weighted by Gasteiger charge is 2.34. The van der Waals surface area contributed by atoms with Crippen molar-refractivity contribution < 1.29 is 0 Å². The van der Waals surface area contributed by atoms with Gasteiger partial charge in [-0.15, -0.1) is 0 Å². The van der Waals surface area contributed by atoms with Crippen molar-refractivity contribution in [3.63, 3.8) is 0 Å². The topological polar surface area (TPSA) is 15.3 Å². The molecule has 3 heteroatoms. The highest BCUT2D eigenvalue weighted by Crippen LogP contribution is 2.39. The Labute approximate surface area is 133 Å². The number of hydrogen-bond acceptors (Lipinski definition) is 2. The zero-order valence-electron chi connectivity index (χ0n) is 13.2. The molecule has 21 heavy (non-hydrogen) atoms. The molecule has 3 rings (SSSR count). The van der Waals surface area contributed by atoms with Gasteiger partial charge >= 0.3 is 0 Å². The van der Waals surface area contributed by atoms with Crippen LogP contribution in [0.2, 0.25) is 5.02 Å². The molecule has 0 bridgehead atoms. The summed E-state index contributed by atoms with van der Waals surface area (Å²) in [5.41, 5.74) is 2.76. The maximum atomic E-state index is 6.28. The quantitative estimate of drug-likeness (QED) is 0.762. The third kappa shape index (κ3) is 4.37. The molecule has 2 fully saturated rings. The molecular weight excluding hydrogens is 280 g/mol. The fourth-order valence-corrected chi connectivity index (χ4v) is 3.02. The number of nitrogens with zero attached hydrogens (tertiary/aromatic N) is 1. The zero-order valence-corrected chi connectivity index (χ0v) is 14.0. The van der Waals surface area contributed by atoms with Gasteiger partial charge in [0.1, 0.15) is 0 Å². The molecule has 0 heterocycles. The van der Waals surface area contributed by atoms with E-state index in [1.807, 2.05) is 6.07 Å². The van der Waals surface area contributed by atoms with Crippen molar-refractivity contribution in [1.29, 1.82) is 0 Å². The Morgan fingerprint density at radius 2 is 2.00 bits per heavy atom. The van der Waals surface area contributed by atoms with Crippen LogP contribution in [0, 0.1) is 11.8 Å². The minimum Gasteiger partial charge on any atom is -0.368 e. The lowest BCUT2D eigenvalue weighted by Crippen LogP contribution is -2.30. The van der Waals surface area contributed by atoms with E-state index in [0.717, 1.165) is 30.1 Å². The first-order valence-electron chi connectivity index (χ1n) is 8.39. The summed E-state index contributed by atoms with van der Waals surface area (Å²) in [6.45, 7) is 7.73. The van der Waals surface area contributed by atoms with Crippen LogP contribution in [0.4, 0.5) is 5.69 Å². The van der Waals surface area contributed by atoms with Crippen LogP contribution in [-0.2, 0) is 6.54 Å². The predicted octanol–water partition coefficient (Wildman–Crippen LogP) is 4.46. The fraction of sp³-hybridized carbons (Fsp3) is 0.667. The third-order valence-corrected chi connectivity index (χ3v) is 4.60. The van der Waals surface area contributed by atoms with Crippen LogP contribution in [0.3, 0.4) is 0 Å². The Balaban J connectivity index is 1.75. The molecule has 0 atom stereocenters. The van der Waals surface area contributed by atoms with Gasteiger partial charge in [0.05, 0.1) is 0 Å². The van der Waals surface area contributed by atoms with Gasteiger partial charge in [-0.2, -0.15) is 0 Å². The Morgan fingerprint density at radius 3 is 2.62 bits per heavy atom. The fourth-order valence-electron chi connectivity index (χ4n) is 2.86. The summed E-state index contributed by atoms with van der Waals surface area (Å²) in [4.78, 5) is 2.63. The largest absolute Gasteiger partial charge is 0.368 e. The van der Waals surface area contributed by atoms with Crippen LogP contribution in [0.5, 0.6) is 0 Å². The van der Waals surface area contributed by atoms with Crippen LogP contribution in [0.15, 0.2) is 18.2 Å². The highest BCUT2D eigenvalue weighted by atomic mass is 35.5. The van der Waals surface area contributed by atoms with Gasteiger partial charge in [-0.1, -0.05) is 31.5 Å². The first-order chi connectivity index (χ1) is 10.1. The lowest BCUT2D eigenvalue weighted by atomic mass is 10.1. The summed E-state index contributed by atoms with van der Waals surface area (Å²) < 4.78 is 0. The summed E-state index contributed by atoms with van der Waals surface area (Å²) in [6.07, 6.45) is 5.51. The number of anilines is 1. The van der Waals surface area contributed by atoms with E-state index in [-0.39, 0.29) is 0 Å². The van der Waals surface area contributed by atoms with E-state index in [1.54, 1.807) is 0 Å². The second kappa shape index (κ2) is 6.58. The van der Waals surface area contributed by atoms with Gasteiger partial charge in [-0.3, -0.25) is 0 Å². The van der Waals surface area contributed by atoms with Gasteiger partial charge in [0.2, 0.25) is 0 Å². The Bertz CT molecular complexity index is 478. The number of hydrogen-bond donors (Lipinski definition) is 1. The van der Waals surface area contributed by atoms with E-state index in [9.17, 15) is 0 Å². The van der Waals surface area contributed by atoms with E-state index in [1.165, 1.54) is 43.5 Å². The molecule has 116 valence electrons. The number of rotatable bonds is 8. The molecule has 2 aliphatic carbocycles. The summed E-state index contributed by atoms with van der Waals surface area (Å²) in [5.74, 6) is 1.60. The highest BCUT2D eigenvalue weighted by molar-refractivity contribution is 6.30. The third-order valence-electron chi connectivity index (χ3n) is 4.36. The van der Waals surface area contributed by atoms with Crippen LogP contribution in [0.1, 0.15) is 45.1 Å². The SMILES string of the molecule is CC(C)CNCc1ccc(Cl)cc1N(CC1CC1)C1CC1. The molecule has 1 N–H and O–H groups in total. The van der Waals surface area contributed by atoms with Gasteiger partial charge in [0, 0.05) is 29.8 Å². The van der Waals surface area contributed by atoms with Crippen molar-refractivity contribution in [2.24, 2.45) is 11.8 Å². The molecule has 0 aliphatic heterocycles. The monoisotopic (exact) mass is 306 g/mol. The molecule has 0 spiro atoms. The maximum Gasteiger partial charge on any atom is 0.0429 e. The van der Waals surface area contributed by atoms with E-state index in [2.05, 4.69) is 36.2 Å². The standard InChI is InChI=1S/C18H27ClN2/c1-13(2)10-20-11-15-5-6-16(19)9-18(15)21(17-7-8-17)12-14-3-4-14/h5-6,9,13-14,17,20H,3-4,7-8,10-12H2,1-2H3. The minimum atomic E-state index is 0.687. The summed E-state index contributed by atoms with van der Waals surface area (Å²) in [6, 6.07) is 7.16. The molecule has 0 amide bonds. The van der Waals surface area contributed by atoms with Crippen molar-refractivity contribution in [1.82, 2.24) is 5.32 Å². The zero-order chi connectivity index (χ0) is 14.8. The van der Waals surface area contributed by atoms with E-state index < -0.39 is 0 Å². The second-order valence-corrected chi connectivity index (χ2v) is 7.56. The van der Waals surface area contributed by atoms with Gasteiger partial charge in [-0.25, -0.2) is 0 Å². The Hall–Kier alpha value is -0.730. The molecule has 0 unspecified atom stereocenters. The molecule has 1 aromatic carbocycles. The van der Waals surface area contributed by atoms with Gasteiger partial charge in [0.15, 0.2) is 0 Å². The van der Waals surface area contributed by atoms with Crippen molar-refractivity contribution in [2.45, 2.75) is 52.1 Å². The smallest absolute Gasteiger partial charge is 0.0429 e. The normalized spacial score (nSPS) is 18.3. The van der Waals surface area contributed by atoms with Crippen LogP contribution in [-0.4, -0.2) is 19.1 Å². The van der Waals surface area contributed by atoms with Crippen LogP contribution < -0.4 is 10.2 Å². The molecule has 0 aromatic heterocycles. The van der Waals surface area contributed by atoms with Crippen LogP contribution >= 0.6 is 11.6 Å².